The molecule has 0 aliphatic carbocycles. The second-order valence-corrected chi connectivity index (χ2v) is 6.01. The van der Waals surface area contributed by atoms with Gasteiger partial charge < -0.3 is 0 Å². The van der Waals surface area contributed by atoms with E-state index in [0.717, 1.165) is 17.0 Å². The number of pyridine rings is 2. The maximum absolute atomic E-state index is 14.7. The van der Waals surface area contributed by atoms with E-state index >= 15 is 0 Å². The number of benzene rings is 1. The molecule has 0 saturated heterocycles. The van der Waals surface area contributed by atoms with E-state index in [0.29, 0.717) is 4.68 Å². The molecule has 3 aromatic heterocycles. The summed E-state index contributed by atoms with van der Waals surface area (Å²) in [5.74, 6) is -3.39. The summed E-state index contributed by atoms with van der Waals surface area (Å²) >= 11 is 11.9. The molecule has 0 aliphatic heterocycles. The molecular weight excluding hydrogens is 397 g/mol. The fraction of sp³-hybridized carbons (Fsp3) is 0.0556. The summed E-state index contributed by atoms with van der Waals surface area (Å²) in [6.45, 7) is -3.17. The van der Waals surface area contributed by atoms with Crippen molar-refractivity contribution >= 4 is 34.1 Å². The van der Waals surface area contributed by atoms with Gasteiger partial charge in [-0.15, -0.1) is 0 Å². The number of nitrogens with zero attached hydrogens (tertiary/aromatic N) is 4. The van der Waals surface area contributed by atoms with Crippen LogP contribution in [0, 0.1) is 11.6 Å². The van der Waals surface area contributed by atoms with E-state index in [9.17, 15) is 13.6 Å². The molecule has 0 N–H and O–H groups in total. The first-order chi connectivity index (χ1) is 15.4. The van der Waals surface area contributed by atoms with Crippen LogP contribution in [0.25, 0.3) is 16.6 Å². The van der Waals surface area contributed by atoms with Gasteiger partial charge in [-0.05, 0) is 18.1 Å². The van der Waals surface area contributed by atoms with Crippen molar-refractivity contribution in [3.8, 4) is 5.69 Å². The first-order valence-electron chi connectivity index (χ1n) is 10.2. The lowest BCUT2D eigenvalue weighted by atomic mass is 10.2. The van der Waals surface area contributed by atoms with Gasteiger partial charge in [0.2, 0.25) is 0 Å². The van der Waals surface area contributed by atoms with Crippen molar-refractivity contribution < 1.29 is 17.0 Å². The molecule has 9 heteroatoms. The van der Waals surface area contributed by atoms with Crippen molar-refractivity contribution in [2.45, 2.75) is 6.50 Å². The first kappa shape index (κ1) is 11.8. The molecule has 0 aliphatic rings. The van der Waals surface area contributed by atoms with Crippen LogP contribution in [0.3, 0.4) is 0 Å². The Morgan fingerprint density at radius 2 is 1.93 bits per heavy atom. The average Bonchev–Trinajstić information content (AvgIpc) is 3.22. The normalized spacial score (nSPS) is 15.0. The molecule has 1 aromatic carbocycles. The minimum Gasteiger partial charge on any atom is -0.282 e. The molecule has 0 amide bonds. The van der Waals surface area contributed by atoms with E-state index in [1.54, 1.807) is 0 Å². The van der Waals surface area contributed by atoms with Crippen molar-refractivity contribution in [1.29, 1.82) is 0 Å². The Balaban J connectivity index is 2.01. The molecular formula is C18H10Cl2F2N4O. The number of hydrogen-bond donors (Lipinski definition) is 0. The molecule has 3 heterocycles. The Labute approximate surface area is 169 Å². The van der Waals surface area contributed by atoms with Crippen molar-refractivity contribution in [3.63, 3.8) is 0 Å². The Kier molecular flexibility index (Phi) is 2.96. The van der Waals surface area contributed by atoms with Gasteiger partial charge in [-0.2, -0.15) is 5.10 Å². The van der Waals surface area contributed by atoms with Crippen LogP contribution in [-0.2, 0) is 6.50 Å². The molecule has 0 fully saturated rings. The van der Waals surface area contributed by atoms with Gasteiger partial charge in [0.25, 0.3) is 5.56 Å². The maximum atomic E-state index is 14.7. The van der Waals surface area contributed by atoms with E-state index in [4.69, 9.17) is 31.4 Å². The smallest absolute Gasteiger partial charge is 0.266 e. The highest BCUT2D eigenvalue weighted by atomic mass is 35.5. The predicted octanol–water partition coefficient (Wildman–Crippen LogP) is 4.22. The standard InChI is InChI=1S/C18H10Cl2F2N4O/c19-12-8-23-17(20)6-16(12)25-5-4-15-10(18(25)27)7-24-26(15)9-11-13(21)2-1-3-14(11)22/h1-8H,9H2/i1D,2D,3D,4D,9D2. The van der Waals surface area contributed by atoms with Crippen LogP contribution in [0.5, 0.6) is 0 Å². The van der Waals surface area contributed by atoms with Crippen LogP contribution in [0.1, 0.15) is 13.8 Å². The minimum atomic E-state index is -3.17. The first-order valence-corrected chi connectivity index (χ1v) is 8.00. The van der Waals surface area contributed by atoms with Gasteiger partial charge in [0.15, 0.2) is 0 Å². The highest BCUT2D eigenvalue weighted by Gasteiger charge is 2.15. The molecule has 4 aromatic rings. The zero-order valence-electron chi connectivity index (χ0n) is 19.0. The monoisotopic (exact) mass is 412 g/mol. The van der Waals surface area contributed by atoms with Gasteiger partial charge in [0.1, 0.15) is 16.8 Å². The number of halogens is 4. The third-order valence-corrected chi connectivity index (χ3v) is 4.11. The summed E-state index contributed by atoms with van der Waals surface area (Å²) in [6.07, 6.45) is 3.11. The number of rotatable bonds is 3. The van der Waals surface area contributed by atoms with E-state index < -0.39 is 58.9 Å². The molecule has 4 rings (SSSR count). The summed E-state index contributed by atoms with van der Waals surface area (Å²) in [5.41, 5.74) is -2.43. The predicted molar refractivity (Wildman–Crippen MR) is 98.6 cm³/mol. The molecule has 0 unspecified atom stereocenters. The highest BCUT2D eigenvalue weighted by Crippen LogP contribution is 2.22. The Hall–Kier alpha value is -2.77. The lowest BCUT2D eigenvalue weighted by Crippen LogP contribution is -2.18. The fourth-order valence-corrected chi connectivity index (χ4v) is 2.72. The lowest BCUT2D eigenvalue weighted by Gasteiger charge is -2.09. The molecule has 0 spiro atoms. The highest BCUT2D eigenvalue weighted by molar-refractivity contribution is 6.33. The Bertz CT molecular complexity index is 1500. The summed E-state index contributed by atoms with van der Waals surface area (Å²) in [7, 11) is 0. The summed E-state index contributed by atoms with van der Waals surface area (Å²) in [4.78, 5) is 16.8. The summed E-state index contributed by atoms with van der Waals surface area (Å²) in [5, 5.41) is 3.52. The van der Waals surface area contributed by atoms with E-state index in [1.165, 1.54) is 12.3 Å². The van der Waals surface area contributed by atoms with Gasteiger partial charge in [0, 0.05) is 24.0 Å². The number of fused-ring (bicyclic) bond motifs is 1. The third-order valence-electron chi connectivity index (χ3n) is 3.61. The van der Waals surface area contributed by atoms with E-state index in [2.05, 4.69) is 10.1 Å². The summed E-state index contributed by atoms with van der Waals surface area (Å²) in [6, 6.07) is -2.57. The minimum absolute atomic E-state index is 0.0149. The van der Waals surface area contributed by atoms with Crippen LogP contribution in [-0.4, -0.2) is 19.3 Å². The molecule has 0 atom stereocenters. The SMILES string of the molecule is [2H]c1c([2H])c(F)c(C([2H])([2H])n2ncc3c(=O)n(-c4cc(Cl)ncc4Cl)cc([2H])c32)c(F)c1[2H]. The lowest BCUT2D eigenvalue weighted by molar-refractivity contribution is 0.537. The molecule has 0 radical (unpaired) electrons. The van der Waals surface area contributed by atoms with Crippen LogP contribution in [0.2, 0.25) is 10.2 Å². The molecule has 136 valence electrons. The van der Waals surface area contributed by atoms with Gasteiger partial charge in [-0.25, -0.2) is 13.8 Å². The Morgan fingerprint density at radius 3 is 2.67 bits per heavy atom. The van der Waals surface area contributed by atoms with Crippen LogP contribution >= 0.6 is 23.2 Å². The van der Waals surface area contributed by atoms with Gasteiger partial charge in [-0.3, -0.25) is 14.0 Å². The largest absolute Gasteiger partial charge is 0.282 e. The summed E-state index contributed by atoms with van der Waals surface area (Å²) < 4.78 is 78.3. The quantitative estimate of drug-likeness (QED) is 0.473. The molecule has 0 bridgehead atoms. The van der Waals surface area contributed by atoms with Crippen molar-refractivity contribution in [2.75, 3.05) is 0 Å². The molecule has 5 nitrogen and oxygen atoms in total. The second kappa shape index (κ2) is 6.75. The zero-order chi connectivity index (χ0) is 24.4. The van der Waals surface area contributed by atoms with Crippen molar-refractivity contribution in [3.05, 3.63) is 86.6 Å². The Morgan fingerprint density at radius 1 is 1.19 bits per heavy atom. The fourth-order valence-electron chi connectivity index (χ4n) is 2.38. The second-order valence-electron chi connectivity index (χ2n) is 5.22. The average molecular weight is 413 g/mol. The molecule has 0 saturated carbocycles. The van der Waals surface area contributed by atoms with Gasteiger partial charge in [-0.1, -0.05) is 29.2 Å². The van der Waals surface area contributed by atoms with E-state index in [1.807, 2.05) is 0 Å². The van der Waals surface area contributed by atoms with Gasteiger partial charge in [0.05, 0.1) is 42.5 Å². The topological polar surface area (TPSA) is 52.7 Å². The third kappa shape index (κ3) is 3.09. The maximum Gasteiger partial charge on any atom is 0.266 e. The van der Waals surface area contributed by atoms with E-state index in [-0.39, 0.29) is 21.2 Å². The van der Waals surface area contributed by atoms with Crippen LogP contribution < -0.4 is 5.56 Å². The van der Waals surface area contributed by atoms with Crippen molar-refractivity contribution in [2.24, 2.45) is 0 Å². The zero-order valence-corrected chi connectivity index (χ0v) is 14.5. The van der Waals surface area contributed by atoms with Crippen molar-refractivity contribution in [1.82, 2.24) is 19.3 Å². The number of aromatic nitrogens is 4. The number of hydrogen-bond acceptors (Lipinski definition) is 3. The van der Waals surface area contributed by atoms with Crippen LogP contribution in [0.15, 0.2) is 53.6 Å². The molecule has 27 heavy (non-hydrogen) atoms. The van der Waals surface area contributed by atoms with Crippen LogP contribution in [0.4, 0.5) is 8.78 Å². The van der Waals surface area contributed by atoms with Gasteiger partial charge >= 0.3 is 0 Å².